The first kappa shape index (κ1) is 14.2. The number of carbonyl (C=O) groups is 1. The lowest BCUT2D eigenvalue weighted by Crippen LogP contribution is -2.13. The van der Waals surface area contributed by atoms with Gasteiger partial charge in [-0.2, -0.15) is 0 Å². The number of benzene rings is 1. The van der Waals surface area contributed by atoms with Crippen LogP contribution in [0.3, 0.4) is 0 Å². The number of ether oxygens (including phenoxy) is 1. The number of halogens is 3. The summed E-state index contributed by atoms with van der Waals surface area (Å²) < 4.78 is 8.09. The van der Waals surface area contributed by atoms with Gasteiger partial charge in [-0.1, -0.05) is 39.1 Å². The van der Waals surface area contributed by atoms with Crippen LogP contribution in [0.4, 0.5) is 0 Å². The Morgan fingerprint density at radius 3 is 2.95 bits per heavy atom. The summed E-state index contributed by atoms with van der Waals surface area (Å²) in [7, 11) is 0. The number of aromatic nitrogens is 1. The Balaban J connectivity index is 2.18. The molecular weight excluding hydrogens is 365 g/mol. The quantitative estimate of drug-likeness (QED) is 0.558. The van der Waals surface area contributed by atoms with Gasteiger partial charge in [0, 0.05) is 22.1 Å². The molecule has 3 rings (SSSR count). The predicted octanol–water partition coefficient (Wildman–Crippen LogP) is 4.76. The van der Waals surface area contributed by atoms with Gasteiger partial charge in [0.15, 0.2) is 0 Å². The third-order valence-corrected chi connectivity index (χ3v) is 5.06. The first-order valence-electron chi connectivity index (χ1n) is 6.37. The third-order valence-electron chi connectivity index (χ3n) is 3.63. The molecule has 3 nitrogen and oxygen atoms in total. The summed E-state index contributed by atoms with van der Waals surface area (Å²) in [4.78, 5) is 12.0. The summed E-state index contributed by atoms with van der Waals surface area (Å²) in [5, 5.41) is 2.01. The van der Waals surface area contributed by atoms with Crippen LogP contribution in [0.1, 0.15) is 25.0 Å². The van der Waals surface area contributed by atoms with E-state index in [0.717, 1.165) is 34.0 Å². The highest BCUT2D eigenvalue weighted by Gasteiger charge is 2.32. The summed E-state index contributed by atoms with van der Waals surface area (Å²) in [6, 6.07) is 3.78. The van der Waals surface area contributed by atoms with E-state index in [4.69, 9.17) is 27.9 Å². The van der Waals surface area contributed by atoms with Crippen LogP contribution in [0, 0.1) is 0 Å². The van der Waals surface area contributed by atoms with Crippen LogP contribution in [0.5, 0.6) is 0 Å². The van der Waals surface area contributed by atoms with Crippen molar-refractivity contribution in [1.29, 1.82) is 0 Å². The van der Waals surface area contributed by atoms with Gasteiger partial charge in [-0.3, -0.25) is 4.79 Å². The maximum atomic E-state index is 12.0. The van der Waals surface area contributed by atoms with Crippen LogP contribution in [-0.2, 0) is 16.1 Å². The van der Waals surface area contributed by atoms with Crippen LogP contribution < -0.4 is 0 Å². The van der Waals surface area contributed by atoms with Crippen molar-refractivity contribution in [1.82, 2.24) is 4.57 Å². The average molecular weight is 377 g/mol. The minimum absolute atomic E-state index is 0.174. The molecular formula is C14H12BrCl2NO2. The minimum Gasteiger partial charge on any atom is -0.465 e. The lowest BCUT2D eigenvalue weighted by Gasteiger charge is -2.07. The van der Waals surface area contributed by atoms with Gasteiger partial charge in [-0.25, -0.2) is 0 Å². The summed E-state index contributed by atoms with van der Waals surface area (Å²) in [5.74, 6) is -0.392. The number of fused-ring (bicyclic) bond motifs is 3. The van der Waals surface area contributed by atoms with E-state index in [9.17, 15) is 4.79 Å². The van der Waals surface area contributed by atoms with Gasteiger partial charge in [0.2, 0.25) is 0 Å². The van der Waals surface area contributed by atoms with Crippen LogP contribution in [0.25, 0.3) is 10.9 Å². The molecule has 0 spiro atoms. The second-order valence-electron chi connectivity index (χ2n) is 4.73. The molecule has 0 amide bonds. The molecule has 0 N–H and O–H groups in total. The highest BCUT2D eigenvalue weighted by molar-refractivity contribution is 9.10. The molecule has 0 fully saturated rings. The SMILES string of the molecule is CCOC(=O)C1CCn2c1cc1c(Br)cc(Cl)c(Cl)c12. The van der Waals surface area contributed by atoms with Crippen molar-refractivity contribution in [3.8, 4) is 0 Å². The number of hydrogen-bond donors (Lipinski definition) is 0. The fraction of sp³-hybridized carbons (Fsp3) is 0.357. The van der Waals surface area contributed by atoms with Gasteiger partial charge in [-0.15, -0.1) is 0 Å². The van der Waals surface area contributed by atoms with Crippen LogP contribution in [-0.4, -0.2) is 17.1 Å². The molecule has 2 heterocycles. The number of nitrogens with zero attached hydrogens (tertiary/aromatic N) is 1. The molecule has 106 valence electrons. The van der Waals surface area contributed by atoms with Crippen molar-refractivity contribution in [3.05, 3.63) is 32.3 Å². The smallest absolute Gasteiger partial charge is 0.315 e. The van der Waals surface area contributed by atoms with Crippen molar-refractivity contribution in [2.45, 2.75) is 25.8 Å². The van der Waals surface area contributed by atoms with E-state index in [0.29, 0.717) is 16.7 Å². The fourth-order valence-corrected chi connectivity index (χ4v) is 3.89. The van der Waals surface area contributed by atoms with Crippen LogP contribution in [0.2, 0.25) is 10.0 Å². The van der Waals surface area contributed by atoms with E-state index in [1.54, 1.807) is 6.07 Å². The lowest BCUT2D eigenvalue weighted by atomic mass is 10.0. The molecule has 1 aliphatic rings. The monoisotopic (exact) mass is 375 g/mol. The van der Waals surface area contributed by atoms with E-state index >= 15 is 0 Å². The highest BCUT2D eigenvalue weighted by Crippen LogP contribution is 2.42. The fourth-order valence-electron chi connectivity index (χ4n) is 2.77. The normalized spacial score (nSPS) is 17.5. The largest absolute Gasteiger partial charge is 0.465 e. The number of aryl methyl sites for hydroxylation is 1. The minimum atomic E-state index is -0.218. The van der Waals surface area contributed by atoms with Crippen LogP contribution >= 0.6 is 39.1 Å². The topological polar surface area (TPSA) is 31.2 Å². The summed E-state index contributed by atoms with van der Waals surface area (Å²) in [6.45, 7) is 2.95. The van der Waals surface area contributed by atoms with Crippen LogP contribution in [0.15, 0.2) is 16.6 Å². The van der Waals surface area contributed by atoms with Crippen molar-refractivity contribution in [3.63, 3.8) is 0 Å². The zero-order chi connectivity index (χ0) is 14.4. The van der Waals surface area contributed by atoms with Gasteiger partial charge in [-0.05, 0) is 25.5 Å². The Kier molecular flexibility index (Phi) is 3.73. The lowest BCUT2D eigenvalue weighted by molar-refractivity contribution is -0.144. The molecule has 1 aliphatic heterocycles. The van der Waals surface area contributed by atoms with E-state index in [1.165, 1.54) is 0 Å². The third kappa shape index (κ3) is 2.05. The molecule has 20 heavy (non-hydrogen) atoms. The Hall–Kier alpha value is -0.710. The van der Waals surface area contributed by atoms with Crippen molar-refractivity contribution < 1.29 is 9.53 Å². The molecule has 0 aliphatic carbocycles. The van der Waals surface area contributed by atoms with Crippen molar-refractivity contribution >= 4 is 56.0 Å². The molecule has 2 aromatic rings. The molecule has 1 atom stereocenters. The summed E-state index contributed by atoms with van der Waals surface area (Å²) >= 11 is 16.0. The average Bonchev–Trinajstić information content (AvgIpc) is 2.94. The van der Waals surface area contributed by atoms with E-state index in [2.05, 4.69) is 20.5 Å². The standard InChI is InChI=1S/C14H12BrCl2NO2/c1-2-20-14(19)7-3-4-18-11(7)5-8-9(15)6-10(16)12(17)13(8)18/h5-7H,2-4H2,1H3. The molecule has 1 unspecified atom stereocenters. The molecule has 0 saturated carbocycles. The number of carbonyl (C=O) groups excluding carboxylic acids is 1. The molecule has 1 aromatic heterocycles. The summed E-state index contributed by atoms with van der Waals surface area (Å²) in [6.07, 6.45) is 0.741. The zero-order valence-electron chi connectivity index (χ0n) is 10.8. The highest BCUT2D eigenvalue weighted by atomic mass is 79.9. The second-order valence-corrected chi connectivity index (χ2v) is 6.37. The Morgan fingerprint density at radius 1 is 1.50 bits per heavy atom. The molecule has 0 saturated heterocycles. The van der Waals surface area contributed by atoms with E-state index in [-0.39, 0.29) is 11.9 Å². The number of hydrogen-bond acceptors (Lipinski definition) is 2. The van der Waals surface area contributed by atoms with Gasteiger partial charge in [0.05, 0.1) is 28.1 Å². The number of rotatable bonds is 2. The van der Waals surface area contributed by atoms with E-state index in [1.807, 2.05) is 13.0 Å². The Morgan fingerprint density at radius 2 is 2.25 bits per heavy atom. The van der Waals surface area contributed by atoms with Crippen molar-refractivity contribution in [2.24, 2.45) is 0 Å². The van der Waals surface area contributed by atoms with Gasteiger partial charge in [0.1, 0.15) is 0 Å². The number of esters is 1. The molecule has 1 aromatic carbocycles. The molecule has 0 radical (unpaired) electrons. The molecule has 0 bridgehead atoms. The van der Waals surface area contributed by atoms with Gasteiger partial charge >= 0.3 is 5.97 Å². The van der Waals surface area contributed by atoms with Gasteiger partial charge < -0.3 is 9.30 Å². The zero-order valence-corrected chi connectivity index (χ0v) is 13.8. The first-order chi connectivity index (χ1) is 9.54. The van der Waals surface area contributed by atoms with Crippen molar-refractivity contribution in [2.75, 3.05) is 6.61 Å². The molecule has 6 heteroatoms. The van der Waals surface area contributed by atoms with E-state index < -0.39 is 0 Å². The summed E-state index contributed by atoms with van der Waals surface area (Å²) in [5.41, 5.74) is 1.83. The Bertz CT molecular complexity index is 711. The maximum absolute atomic E-state index is 12.0. The first-order valence-corrected chi connectivity index (χ1v) is 7.92. The predicted molar refractivity (Wildman–Crippen MR) is 83.6 cm³/mol. The second kappa shape index (κ2) is 5.24. The van der Waals surface area contributed by atoms with Gasteiger partial charge in [0.25, 0.3) is 0 Å². The maximum Gasteiger partial charge on any atom is 0.315 e. The Labute approximate surface area is 134 Å².